The van der Waals surface area contributed by atoms with E-state index >= 15 is 0 Å². The highest BCUT2D eigenvalue weighted by Crippen LogP contribution is 2.24. The number of benzene rings is 2. The van der Waals surface area contributed by atoms with E-state index in [1.807, 2.05) is 30.3 Å². The Morgan fingerprint density at radius 3 is 2.35 bits per heavy atom. The molecule has 2 nitrogen and oxygen atoms in total. The van der Waals surface area contributed by atoms with Crippen LogP contribution in [0, 0.1) is 5.82 Å². The average molecular weight is 271 g/mol. The largest absolute Gasteiger partial charge is 0.497 e. The van der Waals surface area contributed by atoms with Crippen LogP contribution in [-0.4, -0.2) is 7.11 Å². The average Bonchev–Trinajstić information content (AvgIpc) is 2.48. The van der Waals surface area contributed by atoms with Crippen LogP contribution < -0.4 is 10.1 Å². The fourth-order valence-electron chi connectivity index (χ4n) is 2.03. The fraction of sp³-hybridized carbons (Fsp3) is 0.176. The Morgan fingerprint density at radius 1 is 1.15 bits per heavy atom. The summed E-state index contributed by atoms with van der Waals surface area (Å²) in [6.45, 7) is 3.78. The normalized spacial score (nSPS) is 11.7. The smallest absolute Gasteiger partial charge is 0.123 e. The van der Waals surface area contributed by atoms with Crippen LogP contribution in [-0.2, 0) is 0 Å². The van der Waals surface area contributed by atoms with Crippen molar-refractivity contribution in [2.75, 3.05) is 12.4 Å². The van der Waals surface area contributed by atoms with Crippen molar-refractivity contribution in [3.8, 4) is 5.75 Å². The molecule has 0 fully saturated rings. The number of hydrogen-bond acceptors (Lipinski definition) is 2. The van der Waals surface area contributed by atoms with Gasteiger partial charge in [0.05, 0.1) is 13.2 Å². The van der Waals surface area contributed by atoms with Crippen molar-refractivity contribution < 1.29 is 9.13 Å². The lowest BCUT2D eigenvalue weighted by atomic mass is 10.0. The molecule has 0 radical (unpaired) electrons. The van der Waals surface area contributed by atoms with E-state index in [1.165, 1.54) is 12.1 Å². The van der Waals surface area contributed by atoms with Crippen molar-refractivity contribution in [2.24, 2.45) is 0 Å². The monoisotopic (exact) mass is 271 g/mol. The standard InChI is InChI=1S/C17H18FNO/c1-3-4-17(13-5-7-14(18)8-6-13)19-15-9-11-16(20-2)12-10-15/h3,5-12,17,19H,1,4H2,2H3/t17-/m0/s1. The van der Waals surface area contributed by atoms with E-state index in [4.69, 9.17) is 4.74 Å². The summed E-state index contributed by atoms with van der Waals surface area (Å²) in [5, 5.41) is 3.42. The van der Waals surface area contributed by atoms with Crippen LogP contribution in [0.15, 0.2) is 61.2 Å². The number of anilines is 1. The minimum atomic E-state index is -0.226. The maximum Gasteiger partial charge on any atom is 0.123 e. The number of methoxy groups -OCH3 is 1. The molecule has 0 heterocycles. The second-order valence-corrected chi connectivity index (χ2v) is 4.50. The van der Waals surface area contributed by atoms with Gasteiger partial charge in [-0.2, -0.15) is 0 Å². The number of rotatable bonds is 6. The summed E-state index contributed by atoms with van der Waals surface area (Å²) in [7, 11) is 1.64. The molecule has 0 aromatic heterocycles. The van der Waals surface area contributed by atoms with Crippen LogP contribution in [0.3, 0.4) is 0 Å². The highest BCUT2D eigenvalue weighted by molar-refractivity contribution is 5.48. The minimum absolute atomic E-state index is 0.0708. The predicted molar refractivity (Wildman–Crippen MR) is 80.6 cm³/mol. The van der Waals surface area contributed by atoms with Crippen molar-refractivity contribution in [1.29, 1.82) is 0 Å². The summed E-state index contributed by atoms with van der Waals surface area (Å²) in [4.78, 5) is 0. The molecule has 0 bridgehead atoms. The molecule has 2 aromatic rings. The molecule has 1 atom stereocenters. The van der Waals surface area contributed by atoms with Crippen molar-refractivity contribution >= 4 is 5.69 Å². The van der Waals surface area contributed by atoms with E-state index in [1.54, 1.807) is 19.2 Å². The van der Waals surface area contributed by atoms with Crippen molar-refractivity contribution in [3.63, 3.8) is 0 Å². The number of nitrogens with one attached hydrogen (secondary N) is 1. The quantitative estimate of drug-likeness (QED) is 0.777. The lowest BCUT2D eigenvalue weighted by molar-refractivity contribution is 0.415. The maximum atomic E-state index is 13.0. The van der Waals surface area contributed by atoms with E-state index in [9.17, 15) is 4.39 Å². The Balaban J connectivity index is 2.15. The van der Waals surface area contributed by atoms with Gasteiger partial charge in [0.1, 0.15) is 11.6 Å². The van der Waals surface area contributed by atoms with Gasteiger partial charge in [0, 0.05) is 5.69 Å². The van der Waals surface area contributed by atoms with Gasteiger partial charge >= 0.3 is 0 Å². The first kappa shape index (κ1) is 14.1. The number of ether oxygens (including phenoxy) is 1. The summed E-state index contributed by atoms with van der Waals surface area (Å²) in [6, 6.07) is 14.3. The van der Waals surface area contributed by atoms with Crippen LogP contribution in [0.25, 0.3) is 0 Å². The molecular weight excluding hydrogens is 253 g/mol. The molecule has 104 valence electrons. The van der Waals surface area contributed by atoms with Gasteiger partial charge in [-0.05, 0) is 48.4 Å². The lowest BCUT2D eigenvalue weighted by Crippen LogP contribution is -2.09. The first-order valence-electron chi connectivity index (χ1n) is 6.50. The van der Waals surface area contributed by atoms with Gasteiger partial charge in [-0.1, -0.05) is 18.2 Å². The zero-order valence-corrected chi connectivity index (χ0v) is 11.5. The van der Waals surface area contributed by atoms with Crippen LogP contribution in [0.5, 0.6) is 5.75 Å². The molecule has 0 unspecified atom stereocenters. The van der Waals surface area contributed by atoms with Gasteiger partial charge in [-0.25, -0.2) is 4.39 Å². The lowest BCUT2D eigenvalue weighted by Gasteiger charge is -2.19. The van der Waals surface area contributed by atoms with Gasteiger partial charge in [-0.15, -0.1) is 6.58 Å². The Hall–Kier alpha value is -2.29. The maximum absolute atomic E-state index is 13.0. The molecule has 0 aliphatic carbocycles. The van der Waals surface area contributed by atoms with Gasteiger partial charge in [0.15, 0.2) is 0 Å². The third kappa shape index (κ3) is 3.60. The Bertz CT molecular complexity index is 548. The van der Waals surface area contributed by atoms with Crippen LogP contribution in [0.4, 0.5) is 10.1 Å². The molecular formula is C17H18FNO. The first-order chi connectivity index (χ1) is 9.72. The molecule has 0 saturated carbocycles. The summed E-state index contributed by atoms with van der Waals surface area (Å²) in [6.07, 6.45) is 2.61. The molecule has 0 aliphatic rings. The van der Waals surface area contributed by atoms with Crippen LogP contribution >= 0.6 is 0 Å². The molecule has 2 rings (SSSR count). The SMILES string of the molecule is C=CC[C@H](Nc1ccc(OC)cc1)c1ccc(F)cc1. The van der Waals surface area contributed by atoms with Crippen LogP contribution in [0.1, 0.15) is 18.0 Å². The third-order valence-electron chi connectivity index (χ3n) is 3.11. The predicted octanol–water partition coefficient (Wildman–Crippen LogP) is 4.56. The Kier molecular flexibility index (Phi) is 4.77. The molecule has 20 heavy (non-hydrogen) atoms. The number of halogens is 1. The second kappa shape index (κ2) is 6.75. The minimum Gasteiger partial charge on any atom is -0.497 e. The van der Waals surface area contributed by atoms with Crippen molar-refractivity contribution in [1.82, 2.24) is 0 Å². The zero-order valence-electron chi connectivity index (χ0n) is 11.5. The molecule has 3 heteroatoms. The highest BCUT2D eigenvalue weighted by atomic mass is 19.1. The van der Waals surface area contributed by atoms with E-state index in [0.717, 1.165) is 23.4 Å². The topological polar surface area (TPSA) is 21.3 Å². The van der Waals surface area contributed by atoms with Gasteiger partial charge in [-0.3, -0.25) is 0 Å². The Labute approximate surface area is 118 Å². The van der Waals surface area contributed by atoms with E-state index < -0.39 is 0 Å². The Morgan fingerprint density at radius 2 is 1.80 bits per heavy atom. The van der Waals surface area contributed by atoms with Gasteiger partial charge < -0.3 is 10.1 Å². The summed E-state index contributed by atoms with van der Waals surface area (Å²) in [5.74, 6) is 0.591. The van der Waals surface area contributed by atoms with E-state index in [2.05, 4.69) is 11.9 Å². The van der Waals surface area contributed by atoms with E-state index in [-0.39, 0.29) is 11.9 Å². The third-order valence-corrected chi connectivity index (χ3v) is 3.11. The first-order valence-corrected chi connectivity index (χ1v) is 6.50. The molecule has 0 amide bonds. The number of hydrogen-bond donors (Lipinski definition) is 1. The molecule has 0 spiro atoms. The molecule has 0 saturated heterocycles. The van der Waals surface area contributed by atoms with Gasteiger partial charge in [0.25, 0.3) is 0 Å². The van der Waals surface area contributed by atoms with Crippen molar-refractivity contribution in [2.45, 2.75) is 12.5 Å². The van der Waals surface area contributed by atoms with E-state index in [0.29, 0.717) is 0 Å². The fourth-order valence-corrected chi connectivity index (χ4v) is 2.03. The zero-order chi connectivity index (χ0) is 14.4. The summed E-state index contributed by atoms with van der Waals surface area (Å²) in [5.41, 5.74) is 2.02. The van der Waals surface area contributed by atoms with Crippen molar-refractivity contribution in [3.05, 3.63) is 72.6 Å². The van der Waals surface area contributed by atoms with Crippen LogP contribution in [0.2, 0.25) is 0 Å². The highest BCUT2D eigenvalue weighted by Gasteiger charge is 2.10. The summed E-state index contributed by atoms with van der Waals surface area (Å²) >= 11 is 0. The molecule has 0 aliphatic heterocycles. The summed E-state index contributed by atoms with van der Waals surface area (Å²) < 4.78 is 18.1. The van der Waals surface area contributed by atoms with Gasteiger partial charge in [0.2, 0.25) is 0 Å². The molecule has 1 N–H and O–H groups in total. The molecule has 2 aromatic carbocycles. The second-order valence-electron chi connectivity index (χ2n) is 4.50.